The van der Waals surface area contributed by atoms with Crippen molar-refractivity contribution in [2.45, 2.75) is 24.4 Å². The molecule has 1 unspecified atom stereocenters. The molecular weight excluding hydrogens is 395 g/mol. The lowest BCUT2D eigenvalue weighted by Gasteiger charge is -2.43. The van der Waals surface area contributed by atoms with Crippen LogP contribution in [0.5, 0.6) is 0 Å². The number of hydrogen-bond acceptors (Lipinski definition) is 4. The van der Waals surface area contributed by atoms with Gasteiger partial charge in [0.15, 0.2) is 0 Å². The number of imidazole rings is 1. The number of nitrogens with zero attached hydrogens (tertiary/aromatic N) is 4. The first kappa shape index (κ1) is 20.2. The molecule has 2 aliphatic heterocycles. The predicted octanol–water partition coefficient (Wildman–Crippen LogP) is 2.71. The van der Waals surface area contributed by atoms with E-state index in [0.717, 1.165) is 30.7 Å². The SMILES string of the molecule is CN1CCOC(C(=O)N2CCC(c3ccccc3)(c3cn4cc(F)ccc4n3)CC2)C1. The van der Waals surface area contributed by atoms with Gasteiger partial charge in [-0.05, 0) is 37.6 Å². The number of fused-ring (bicyclic) bond motifs is 1. The molecule has 0 aliphatic carbocycles. The number of likely N-dealkylation sites (N-methyl/N-ethyl adjacent to an activating group) is 1. The Bertz CT molecular complexity index is 1080. The first-order valence-corrected chi connectivity index (χ1v) is 10.8. The lowest BCUT2D eigenvalue weighted by molar-refractivity contribution is -0.150. The van der Waals surface area contributed by atoms with Crippen LogP contribution in [0.3, 0.4) is 0 Å². The first-order chi connectivity index (χ1) is 15.0. The van der Waals surface area contributed by atoms with Gasteiger partial charge in [0, 0.05) is 44.0 Å². The minimum Gasteiger partial charge on any atom is -0.366 e. The highest BCUT2D eigenvalue weighted by Crippen LogP contribution is 2.41. The molecule has 2 aliphatic rings. The zero-order chi connectivity index (χ0) is 21.4. The predicted molar refractivity (Wildman–Crippen MR) is 115 cm³/mol. The Morgan fingerprint density at radius 1 is 1.10 bits per heavy atom. The topological polar surface area (TPSA) is 50.1 Å². The molecule has 2 saturated heterocycles. The summed E-state index contributed by atoms with van der Waals surface area (Å²) < 4.78 is 21.2. The van der Waals surface area contributed by atoms with Crippen molar-refractivity contribution in [2.75, 3.05) is 39.8 Å². The number of likely N-dealkylation sites (tertiary alicyclic amines) is 1. The molecule has 4 heterocycles. The third kappa shape index (κ3) is 3.72. The van der Waals surface area contributed by atoms with Crippen LogP contribution in [0.2, 0.25) is 0 Å². The second-order valence-electron chi connectivity index (χ2n) is 8.63. The van der Waals surface area contributed by atoms with Crippen molar-refractivity contribution in [3.05, 3.63) is 71.9 Å². The van der Waals surface area contributed by atoms with E-state index in [4.69, 9.17) is 9.72 Å². The highest BCUT2D eigenvalue weighted by atomic mass is 19.1. The Morgan fingerprint density at radius 3 is 2.61 bits per heavy atom. The Kier molecular flexibility index (Phi) is 5.24. The Hall–Kier alpha value is -2.77. The number of benzene rings is 1. The molecule has 1 amide bonds. The monoisotopic (exact) mass is 422 g/mol. The normalized spacial score (nSPS) is 22.0. The third-order valence-corrected chi connectivity index (χ3v) is 6.71. The van der Waals surface area contributed by atoms with E-state index in [1.165, 1.54) is 17.8 Å². The van der Waals surface area contributed by atoms with Gasteiger partial charge in [-0.25, -0.2) is 9.37 Å². The second-order valence-corrected chi connectivity index (χ2v) is 8.63. The van der Waals surface area contributed by atoms with Crippen LogP contribution >= 0.6 is 0 Å². The summed E-state index contributed by atoms with van der Waals surface area (Å²) in [6.45, 7) is 3.36. The smallest absolute Gasteiger partial charge is 0.253 e. The molecule has 2 fully saturated rings. The number of halogens is 1. The second kappa shape index (κ2) is 8.05. The molecule has 0 spiro atoms. The van der Waals surface area contributed by atoms with Gasteiger partial charge >= 0.3 is 0 Å². The molecule has 1 atom stereocenters. The molecule has 6 nitrogen and oxygen atoms in total. The maximum Gasteiger partial charge on any atom is 0.253 e. The van der Waals surface area contributed by atoms with Gasteiger partial charge in [0.2, 0.25) is 0 Å². The summed E-state index contributed by atoms with van der Waals surface area (Å²) in [5.41, 5.74) is 2.51. The standard InChI is InChI=1S/C24H27FN4O2/c1-27-13-14-31-20(16-27)23(30)28-11-9-24(10-12-28,18-5-3-2-4-6-18)21-17-29-15-19(25)7-8-22(29)26-21/h2-8,15,17,20H,9-14,16H2,1H3. The quantitative estimate of drug-likeness (QED) is 0.651. The van der Waals surface area contributed by atoms with Crippen molar-refractivity contribution in [3.63, 3.8) is 0 Å². The maximum atomic E-state index is 13.7. The molecule has 0 bridgehead atoms. The first-order valence-electron chi connectivity index (χ1n) is 10.8. The van der Waals surface area contributed by atoms with Gasteiger partial charge < -0.3 is 18.9 Å². The van der Waals surface area contributed by atoms with Crippen molar-refractivity contribution < 1.29 is 13.9 Å². The number of amides is 1. The molecule has 3 aromatic rings. The summed E-state index contributed by atoms with van der Waals surface area (Å²) in [6, 6.07) is 13.5. The van der Waals surface area contributed by atoms with Gasteiger partial charge in [0.25, 0.3) is 5.91 Å². The molecule has 1 aromatic carbocycles. The average molecular weight is 423 g/mol. The summed E-state index contributed by atoms with van der Waals surface area (Å²) in [5, 5.41) is 0. The van der Waals surface area contributed by atoms with Crippen molar-refractivity contribution in [2.24, 2.45) is 0 Å². The molecule has 5 rings (SSSR count). The van der Waals surface area contributed by atoms with E-state index in [9.17, 15) is 9.18 Å². The van der Waals surface area contributed by atoms with E-state index in [0.29, 0.717) is 26.2 Å². The van der Waals surface area contributed by atoms with Crippen molar-refractivity contribution in [3.8, 4) is 0 Å². The van der Waals surface area contributed by atoms with Crippen molar-refractivity contribution in [1.82, 2.24) is 19.2 Å². The molecule has 31 heavy (non-hydrogen) atoms. The van der Waals surface area contributed by atoms with Crippen LogP contribution in [0.15, 0.2) is 54.9 Å². The number of aromatic nitrogens is 2. The Balaban J connectivity index is 1.44. The van der Waals surface area contributed by atoms with Gasteiger partial charge in [-0.1, -0.05) is 30.3 Å². The van der Waals surface area contributed by atoms with Crippen molar-refractivity contribution >= 4 is 11.6 Å². The van der Waals surface area contributed by atoms with Crippen molar-refractivity contribution in [1.29, 1.82) is 0 Å². The number of morpholine rings is 1. The van der Waals surface area contributed by atoms with Gasteiger partial charge in [-0.15, -0.1) is 0 Å². The number of piperidine rings is 1. The minimum atomic E-state index is -0.388. The van der Waals surface area contributed by atoms with Crippen LogP contribution < -0.4 is 0 Å². The van der Waals surface area contributed by atoms with Gasteiger partial charge in [0.05, 0.1) is 12.3 Å². The van der Waals surface area contributed by atoms with Crippen LogP contribution in [0.25, 0.3) is 5.65 Å². The third-order valence-electron chi connectivity index (χ3n) is 6.71. The van der Waals surface area contributed by atoms with Gasteiger partial charge in [-0.2, -0.15) is 0 Å². The molecule has 2 aromatic heterocycles. The van der Waals surface area contributed by atoms with E-state index < -0.39 is 0 Å². The van der Waals surface area contributed by atoms with E-state index >= 15 is 0 Å². The summed E-state index contributed by atoms with van der Waals surface area (Å²) >= 11 is 0. The van der Waals surface area contributed by atoms with Crippen LogP contribution in [-0.2, 0) is 14.9 Å². The van der Waals surface area contributed by atoms with Crippen LogP contribution in [0.4, 0.5) is 4.39 Å². The molecule has 7 heteroatoms. The molecule has 0 radical (unpaired) electrons. The van der Waals surface area contributed by atoms with E-state index in [2.05, 4.69) is 17.0 Å². The Labute approximate surface area is 181 Å². The summed E-state index contributed by atoms with van der Waals surface area (Å²) in [6.07, 6.45) is 4.53. The van der Waals surface area contributed by atoms with Gasteiger partial charge in [-0.3, -0.25) is 4.79 Å². The summed E-state index contributed by atoms with van der Waals surface area (Å²) in [5.74, 6) is -0.214. The summed E-state index contributed by atoms with van der Waals surface area (Å²) in [7, 11) is 2.02. The van der Waals surface area contributed by atoms with E-state index in [1.54, 1.807) is 10.5 Å². The maximum absolute atomic E-state index is 13.7. The number of pyridine rings is 1. The number of ether oxygens (including phenoxy) is 1. The Morgan fingerprint density at radius 2 is 1.87 bits per heavy atom. The lowest BCUT2D eigenvalue weighted by Crippen LogP contribution is -2.53. The highest BCUT2D eigenvalue weighted by molar-refractivity contribution is 5.81. The minimum absolute atomic E-state index is 0.0743. The van der Waals surface area contributed by atoms with E-state index in [1.807, 2.05) is 36.3 Å². The fourth-order valence-electron chi connectivity index (χ4n) is 4.88. The van der Waals surface area contributed by atoms with Gasteiger partial charge in [0.1, 0.15) is 17.6 Å². The van der Waals surface area contributed by atoms with Crippen LogP contribution in [0, 0.1) is 5.82 Å². The lowest BCUT2D eigenvalue weighted by atomic mass is 9.70. The molecule has 162 valence electrons. The number of carbonyl (C=O) groups is 1. The molecule has 0 saturated carbocycles. The van der Waals surface area contributed by atoms with Crippen LogP contribution in [-0.4, -0.2) is 71.0 Å². The largest absolute Gasteiger partial charge is 0.366 e. The van der Waals surface area contributed by atoms with E-state index in [-0.39, 0.29) is 23.2 Å². The average Bonchev–Trinajstić information content (AvgIpc) is 3.23. The highest BCUT2D eigenvalue weighted by Gasteiger charge is 2.42. The fraction of sp³-hybridized carbons (Fsp3) is 0.417. The molecule has 0 N–H and O–H groups in total. The number of hydrogen-bond donors (Lipinski definition) is 0. The fourth-order valence-corrected chi connectivity index (χ4v) is 4.88. The van der Waals surface area contributed by atoms with Crippen LogP contribution in [0.1, 0.15) is 24.1 Å². The molecular formula is C24H27FN4O2. The number of rotatable bonds is 3. The zero-order valence-electron chi connectivity index (χ0n) is 17.7. The summed E-state index contributed by atoms with van der Waals surface area (Å²) in [4.78, 5) is 22.0. The zero-order valence-corrected chi connectivity index (χ0v) is 17.7. The number of carbonyl (C=O) groups excluding carboxylic acids is 1.